The van der Waals surface area contributed by atoms with Crippen LogP contribution in [0.1, 0.15) is 38.8 Å². The number of nitrogens with two attached hydrogens (primary N) is 1. The van der Waals surface area contributed by atoms with Gasteiger partial charge in [-0.25, -0.2) is 0 Å². The maximum atomic E-state index is 5.92. The minimum Gasteiger partial charge on any atom is -0.494 e. The van der Waals surface area contributed by atoms with Gasteiger partial charge in [0.15, 0.2) is 0 Å². The smallest absolute Gasteiger partial charge is 0.119 e. The van der Waals surface area contributed by atoms with Gasteiger partial charge in [-0.1, -0.05) is 45.1 Å². The molecule has 0 saturated heterocycles. The van der Waals surface area contributed by atoms with Gasteiger partial charge < -0.3 is 10.5 Å². The number of benzene rings is 1. The Morgan fingerprint density at radius 3 is 2.53 bits per heavy atom. The molecule has 0 amide bonds. The average Bonchev–Trinajstić information content (AvgIpc) is 2.42. The fraction of sp³-hybridized carbons (Fsp3) is 0.533. The summed E-state index contributed by atoms with van der Waals surface area (Å²) in [4.78, 5) is 2.76. The molecule has 1 aromatic rings. The monoisotopic (exact) mass is 280 g/mol. The second-order valence-corrected chi connectivity index (χ2v) is 4.92. The molecule has 3 nitrogen and oxygen atoms in total. The Kier molecular flexibility index (Phi) is 6.81. The standard InChI is InChI=1S/C15H24N2OS/c1-4-10-18-13-9-7-8-12(11-13)14(15(16)19)17(5-2)6-3/h7-9,11,14H,4-6,10H2,1-3H3,(H2,16,19). The Morgan fingerprint density at radius 2 is 2.00 bits per heavy atom. The van der Waals surface area contributed by atoms with Crippen LogP contribution in [0.3, 0.4) is 0 Å². The van der Waals surface area contributed by atoms with Crippen LogP contribution in [0.5, 0.6) is 5.75 Å². The van der Waals surface area contributed by atoms with E-state index in [4.69, 9.17) is 22.7 Å². The lowest BCUT2D eigenvalue weighted by atomic mass is 10.0. The van der Waals surface area contributed by atoms with Gasteiger partial charge in [0.05, 0.1) is 17.6 Å². The first-order valence-electron chi connectivity index (χ1n) is 6.90. The van der Waals surface area contributed by atoms with Crippen LogP contribution in [0.25, 0.3) is 0 Å². The molecule has 0 aliphatic rings. The van der Waals surface area contributed by atoms with Crippen LogP contribution in [-0.4, -0.2) is 29.6 Å². The minimum atomic E-state index is -0.0184. The highest BCUT2D eigenvalue weighted by atomic mass is 32.1. The molecule has 0 radical (unpaired) electrons. The van der Waals surface area contributed by atoms with E-state index in [9.17, 15) is 0 Å². The van der Waals surface area contributed by atoms with Crippen LogP contribution in [0.4, 0.5) is 0 Å². The highest BCUT2D eigenvalue weighted by Crippen LogP contribution is 2.24. The van der Waals surface area contributed by atoms with E-state index in [2.05, 4.69) is 31.7 Å². The number of hydrogen-bond acceptors (Lipinski definition) is 3. The van der Waals surface area contributed by atoms with Crippen LogP contribution < -0.4 is 10.5 Å². The van der Waals surface area contributed by atoms with E-state index in [1.54, 1.807) is 0 Å². The third-order valence-corrected chi connectivity index (χ3v) is 3.32. The zero-order valence-corrected chi connectivity index (χ0v) is 12.9. The highest BCUT2D eigenvalue weighted by Gasteiger charge is 2.20. The summed E-state index contributed by atoms with van der Waals surface area (Å²) in [7, 11) is 0. The van der Waals surface area contributed by atoms with E-state index >= 15 is 0 Å². The Hall–Kier alpha value is -1.13. The molecule has 0 spiro atoms. The van der Waals surface area contributed by atoms with Gasteiger partial charge in [-0.15, -0.1) is 0 Å². The predicted octanol–water partition coefficient (Wildman–Crippen LogP) is 3.14. The van der Waals surface area contributed by atoms with Gasteiger partial charge in [-0.05, 0) is 37.2 Å². The van der Waals surface area contributed by atoms with Crippen LogP contribution in [0, 0.1) is 0 Å². The lowest BCUT2D eigenvalue weighted by Gasteiger charge is -2.29. The molecule has 19 heavy (non-hydrogen) atoms. The predicted molar refractivity (Wildman–Crippen MR) is 84.7 cm³/mol. The first-order chi connectivity index (χ1) is 9.13. The van der Waals surface area contributed by atoms with Crippen LogP contribution in [0.15, 0.2) is 24.3 Å². The molecule has 4 heteroatoms. The maximum absolute atomic E-state index is 5.92. The average molecular weight is 280 g/mol. The summed E-state index contributed by atoms with van der Waals surface area (Å²) in [5.41, 5.74) is 7.02. The highest BCUT2D eigenvalue weighted by molar-refractivity contribution is 7.80. The fourth-order valence-electron chi connectivity index (χ4n) is 2.14. The van der Waals surface area contributed by atoms with Gasteiger partial charge >= 0.3 is 0 Å². The Balaban J connectivity index is 2.99. The number of hydrogen-bond donors (Lipinski definition) is 1. The molecule has 1 unspecified atom stereocenters. The SMILES string of the molecule is CCCOc1cccc(C(C(N)=S)N(CC)CC)c1. The lowest BCUT2D eigenvalue weighted by molar-refractivity contribution is 0.270. The van der Waals surface area contributed by atoms with Gasteiger partial charge in [0, 0.05) is 0 Å². The van der Waals surface area contributed by atoms with Crippen LogP contribution in [-0.2, 0) is 0 Å². The van der Waals surface area contributed by atoms with Crippen molar-refractivity contribution < 1.29 is 4.74 Å². The second kappa shape index (κ2) is 8.12. The van der Waals surface area contributed by atoms with E-state index in [1.165, 1.54) is 0 Å². The summed E-state index contributed by atoms with van der Waals surface area (Å²) < 4.78 is 5.67. The molecule has 1 rings (SSSR count). The molecular weight excluding hydrogens is 256 g/mol. The van der Waals surface area contributed by atoms with Crippen LogP contribution >= 0.6 is 12.2 Å². The fourth-order valence-corrected chi connectivity index (χ4v) is 2.42. The van der Waals surface area contributed by atoms with E-state index in [1.807, 2.05) is 18.2 Å². The zero-order chi connectivity index (χ0) is 14.3. The molecular formula is C15H24N2OS. The van der Waals surface area contributed by atoms with E-state index in [-0.39, 0.29) is 6.04 Å². The van der Waals surface area contributed by atoms with Gasteiger partial charge in [0.2, 0.25) is 0 Å². The number of nitrogens with zero attached hydrogens (tertiary/aromatic N) is 1. The van der Waals surface area contributed by atoms with Gasteiger partial charge in [0.1, 0.15) is 5.75 Å². The van der Waals surface area contributed by atoms with Crippen LogP contribution in [0.2, 0.25) is 0 Å². The first kappa shape index (κ1) is 15.9. The van der Waals surface area contributed by atoms with Crippen molar-refractivity contribution in [2.75, 3.05) is 19.7 Å². The number of ether oxygens (including phenoxy) is 1. The number of thiocarbonyl (C=S) groups is 1. The van der Waals surface area contributed by atoms with Crippen molar-refractivity contribution >= 4 is 17.2 Å². The molecule has 0 aromatic heterocycles. The molecule has 1 atom stereocenters. The Bertz CT molecular complexity index is 405. The van der Waals surface area contributed by atoms with Crippen molar-refractivity contribution in [2.45, 2.75) is 33.2 Å². The Morgan fingerprint density at radius 1 is 1.32 bits per heavy atom. The summed E-state index contributed by atoms with van der Waals surface area (Å²) in [5, 5.41) is 0. The summed E-state index contributed by atoms with van der Waals surface area (Å²) in [6, 6.07) is 8.04. The topological polar surface area (TPSA) is 38.5 Å². The second-order valence-electron chi connectivity index (χ2n) is 4.45. The van der Waals surface area contributed by atoms with Gasteiger partial charge in [0.25, 0.3) is 0 Å². The molecule has 0 bridgehead atoms. The minimum absolute atomic E-state index is 0.0184. The third kappa shape index (κ3) is 4.48. The molecule has 0 aliphatic heterocycles. The normalized spacial score (nSPS) is 12.4. The van der Waals surface area contributed by atoms with Crippen molar-refractivity contribution in [1.82, 2.24) is 4.90 Å². The van der Waals surface area contributed by atoms with Crippen molar-refractivity contribution in [1.29, 1.82) is 0 Å². The van der Waals surface area contributed by atoms with E-state index < -0.39 is 0 Å². The molecule has 0 heterocycles. The van der Waals surface area contributed by atoms with Crippen molar-refractivity contribution in [3.05, 3.63) is 29.8 Å². The molecule has 0 fully saturated rings. The van der Waals surface area contributed by atoms with Crippen molar-refractivity contribution in [3.8, 4) is 5.75 Å². The zero-order valence-electron chi connectivity index (χ0n) is 12.1. The quantitative estimate of drug-likeness (QED) is 0.742. The van der Waals surface area contributed by atoms with E-state index in [0.29, 0.717) is 4.99 Å². The first-order valence-corrected chi connectivity index (χ1v) is 7.30. The summed E-state index contributed by atoms with van der Waals surface area (Å²) in [5.74, 6) is 0.882. The molecule has 106 valence electrons. The maximum Gasteiger partial charge on any atom is 0.119 e. The third-order valence-electron chi connectivity index (χ3n) is 3.09. The number of likely N-dealkylation sites (N-methyl/N-ethyl adjacent to an activating group) is 1. The van der Waals surface area contributed by atoms with E-state index in [0.717, 1.165) is 37.4 Å². The van der Waals surface area contributed by atoms with Crippen molar-refractivity contribution in [3.63, 3.8) is 0 Å². The summed E-state index contributed by atoms with van der Waals surface area (Å²) in [6.45, 7) is 8.89. The lowest BCUT2D eigenvalue weighted by Crippen LogP contribution is -2.36. The van der Waals surface area contributed by atoms with Gasteiger partial charge in [-0.3, -0.25) is 4.90 Å². The number of rotatable bonds is 8. The largest absolute Gasteiger partial charge is 0.494 e. The molecule has 0 aliphatic carbocycles. The molecule has 2 N–H and O–H groups in total. The molecule has 1 aromatic carbocycles. The summed E-state index contributed by atoms with van der Waals surface area (Å²) >= 11 is 5.23. The Labute approximate surface area is 121 Å². The van der Waals surface area contributed by atoms with Crippen molar-refractivity contribution in [2.24, 2.45) is 5.73 Å². The van der Waals surface area contributed by atoms with Gasteiger partial charge in [-0.2, -0.15) is 0 Å². The molecule has 0 saturated carbocycles. The summed E-state index contributed by atoms with van der Waals surface area (Å²) in [6.07, 6.45) is 0.999.